The van der Waals surface area contributed by atoms with Gasteiger partial charge in [0.05, 0.1) is 0 Å². The van der Waals surface area contributed by atoms with Gasteiger partial charge in [0.1, 0.15) is 6.17 Å². The number of hydrogen-bond acceptors (Lipinski definition) is 3. The van der Waals surface area contributed by atoms with Crippen LogP contribution in [0.5, 0.6) is 0 Å². The van der Waals surface area contributed by atoms with Gasteiger partial charge in [-0.2, -0.15) is 0 Å². The molecule has 0 heterocycles. The zero-order chi connectivity index (χ0) is 13.1. The predicted molar refractivity (Wildman–Crippen MR) is 71.4 cm³/mol. The lowest BCUT2D eigenvalue weighted by Gasteiger charge is -2.14. The Morgan fingerprint density at radius 1 is 1.06 bits per heavy atom. The molecule has 0 amide bonds. The first-order valence-electron chi connectivity index (χ1n) is 5.95. The summed E-state index contributed by atoms with van der Waals surface area (Å²) in [4.78, 5) is 3.97. The van der Waals surface area contributed by atoms with E-state index >= 15 is 0 Å². The maximum absolute atomic E-state index is 7.14. The highest BCUT2D eigenvalue weighted by atomic mass is 15.2. The maximum atomic E-state index is 7.14. The number of nitrogens with two attached hydrogens (primary N) is 4. The molecular formula is C10H25N7. The lowest BCUT2D eigenvalue weighted by atomic mass is 10.1. The minimum Gasteiger partial charge on any atom is -0.370 e. The number of nitrogens with one attached hydrogen (secondary N) is 2. The highest BCUT2D eigenvalue weighted by molar-refractivity contribution is 5.77. The number of unbranched alkanes of at least 4 members (excludes halogenated alkanes) is 4. The highest BCUT2D eigenvalue weighted by Gasteiger charge is 2.06. The fourth-order valence-corrected chi connectivity index (χ4v) is 1.54. The standard InChI is InChI=1S/C10H25N7/c11-7-5-3-1-2-4-6-8(16-9(12)13)17-10(14)15/h8H,1-7,11H2,(H4,12,13,16)(H4,14,15,17). The van der Waals surface area contributed by atoms with Crippen molar-refractivity contribution in [3.63, 3.8) is 0 Å². The van der Waals surface area contributed by atoms with E-state index in [-0.39, 0.29) is 18.1 Å². The van der Waals surface area contributed by atoms with Crippen LogP contribution in [0.15, 0.2) is 4.99 Å². The molecule has 0 spiro atoms. The van der Waals surface area contributed by atoms with Crippen LogP contribution in [-0.4, -0.2) is 24.6 Å². The van der Waals surface area contributed by atoms with Gasteiger partial charge in [0.15, 0.2) is 11.9 Å². The van der Waals surface area contributed by atoms with Crippen LogP contribution < -0.4 is 28.3 Å². The Bertz CT molecular complexity index is 235. The van der Waals surface area contributed by atoms with Gasteiger partial charge < -0.3 is 28.3 Å². The Labute approximate surface area is 103 Å². The molecule has 17 heavy (non-hydrogen) atoms. The van der Waals surface area contributed by atoms with Crippen molar-refractivity contribution in [2.24, 2.45) is 27.9 Å². The van der Waals surface area contributed by atoms with Gasteiger partial charge in [-0.3, -0.25) is 5.41 Å². The molecule has 0 radical (unpaired) electrons. The molecule has 0 fully saturated rings. The van der Waals surface area contributed by atoms with Crippen molar-refractivity contribution in [2.75, 3.05) is 6.54 Å². The molecule has 0 aliphatic heterocycles. The first-order chi connectivity index (χ1) is 8.06. The van der Waals surface area contributed by atoms with Gasteiger partial charge in [-0.05, 0) is 25.8 Å². The molecule has 0 saturated carbocycles. The minimum absolute atomic E-state index is 0.00637. The molecule has 7 nitrogen and oxygen atoms in total. The van der Waals surface area contributed by atoms with Crippen molar-refractivity contribution in [1.29, 1.82) is 5.41 Å². The quantitative estimate of drug-likeness (QED) is 0.181. The minimum atomic E-state index is -0.299. The van der Waals surface area contributed by atoms with Crippen LogP contribution in [-0.2, 0) is 0 Å². The lowest BCUT2D eigenvalue weighted by molar-refractivity contribution is 0.518. The van der Waals surface area contributed by atoms with Gasteiger partial charge in [0.2, 0.25) is 0 Å². The van der Waals surface area contributed by atoms with Crippen molar-refractivity contribution >= 4 is 11.9 Å². The molecule has 1 unspecified atom stereocenters. The molecule has 0 rings (SSSR count). The number of rotatable bonds is 9. The molecule has 0 saturated heterocycles. The Balaban J connectivity index is 3.76. The van der Waals surface area contributed by atoms with Crippen LogP contribution in [0.4, 0.5) is 0 Å². The lowest BCUT2D eigenvalue weighted by Crippen LogP contribution is -2.40. The first-order valence-corrected chi connectivity index (χ1v) is 5.95. The Morgan fingerprint density at radius 3 is 2.18 bits per heavy atom. The maximum Gasteiger partial charge on any atom is 0.188 e. The molecular weight excluding hydrogens is 218 g/mol. The van der Waals surface area contributed by atoms with Crippen LogP contribution >= 0.6 is 0 Å². The number of hydrogen-bond donors (Lipinski definition) is 6. The van der Waals surface area contributed by atoms with E-state index in [9.17, 15) is 0 Å². The van der Waals surface area contributed by atoms with Gasteiger partial charge in [-0.25, -0.2) is 4.99 Å². The van der Waals surface area contributed by atoms with Crippen molar-refractivity contribution in [1.82, 2.24) is 5.32 Å². The predicted octanol–water partition coefficient (Wildman–Crippen LogP) is -0.632. The first kappa shape index (κ1) is 15.5. The summed E-state index contributed by atoms with van der Waals surface area (Å²) in [6, 6.07) is 0. The van der Waals surface area contributed by atoms with Gasteiger partial charge in [0.25, 0.3) is 0 Å². The summed E-state index contributed by atoms with van der Waals surface area (Å²) >= 11 is 0. The van der Waals surface area contributed by atoms with E-state index in [1.165, 1.54) is 0 Å². The Morgan fingerprint density at radius 2 is 1.65 bits per heavy atom. The molecule has 7 heteroatoms. The molecule has 10 N–H and O–H groups in total. The van der Waals surface area contributed by atoms with Crippen LogP contribution in [0.2, 0.25) is 0 Å². The van der Waals surface area contributed by atoms with Gasteiger partial charge in [0, 0.05) is 0 Å². The van der Waals surface area contributed by atoms with Crippen LogP contribution in [0, 0.1) is 5.41 Å². The molecule has 0 aliphatic rings. The summed E-state index contributed by atoms with van der Waals surface area (Å²) in [5, 5.41) is 9.85. The van der Waals surface area contributed by atoms with Crippen molar-refractivity contribution in [2.45, 2.75) is 44.7 Å². The van der Waals surface area contributed by atoms with Crippen molar-refractivity contribution in [3.8, 4) is 0 Å². The smallest absolute Gasteiger partial charge is 0.188 e. The van der Waals surface area contributed by atoms with Crippen LogP contribution in [0.1, 0.15) is 38.5 Å². The Hall–Kier alpha value is -1.50. The molecule has 100 valence electrons. The third kappa shape index (κ3) is 10.8. The van der Waals surface area contributed by atoms with E-state index in [1.807, 2.05) is 0 Å². The summed E-state index contributed by atoms with van der Waals surface area (Å²) in [5.74, 6) is -0.116. The van der Waals surface area contributed by atoms with E-state index in [4.69, 9.17) is 28.3 Å². The summed E-state index contributed by atoms with van der Waals surface area (Å²) in [5.41, 5.74) is 21.3. The SMILES string of the molecule is N=C(N)NC(CCCCCCCN)N=C(N)N. The normalized spacial score (nSPS) is 11.8. The number of guanidine groups is 2. The van der Waals surface area contributed by atoms with Gasteiger partial charge in [-0.15, -0.1) is 0 Å². The number of aliphatic imine (C=N–C) groups is 1. The van der Waals surface area contributed by atoms with Crippen molar-refractivity contribution < 1.29 is 0 Å². The second-order valence-electron chi connectivity index (χ2n) is 3.97. The van der Waals surface area contributed by atoms with Gasteiger partial charge >= 0.3 is 0 Å². The summed E-state index contributed by atoms with van der Waals surface area (Å²) in [6.07, 6.45) is 5.95. The largest absolute Gasteiger partial charge is 0.370 e. The van der Waals surface area contributed by atoms with E-state index in [2.05, 4.69) is 10.3 Å². The topological polar surface area (TPSA) is 152 Å². The fourth-order valence-electron chi connectivity index (χ4n) is 1.54. The summed E-state index contributed by atoms with van der Waals surface area (Å²) in [6.45, 7) is 0.752. The van der Waals surface area contributed by atoms with Crippen LogP contribution in [0.3, 0.4) is 0 Å². The molecule has 0 aromatic heterocycles. The van der Waals surface area contributed by atoms with Crippen LogP contribution in [0.25, 0.3) is 0 Å². The van der Waals surface area contributed by atoms with E-state index in [0.29, 0.717) is 0 Å². The molecule has 1 atom stereocenters. The molecule has 0 aliphatic carbocycles. The average Bonchev–Trinajstić information content (AvgIpc) is 2.21. The summed E-state index contributed by atoms with van der Waals surface area (Å²) in [7, 11) is 0. The van der Waals surface area contributed by atoms with E-state index < -0.39 is 0 Å². The third-order valence-corrected chi connectivity index (χ3v) is 2.31. The summed E-state index contributed by atoms with van der Waals surface area (Å²) < 4.78 is 0. The number of nitrogens with zero attached hydrogens (tertiary/aromatic N) is 1. The third-order valence-electron chi connectivity index (χ3n) is 2.31. The average molecular weight is 243 g/mol. The molecule has 0 aromatic rings. The van der Waals surface area contributed by atoms with E-state index in [0.717, 1.165) is 45.1 Å². The second-order valence-corrected chi connectivity index (χ2v) is 3.97. The monoisotopic (exact) mass is 243 g/mol. The second kappa shape index (κ2) is 9.71. The fraction of sp³-hybridized carbons (Fsp3) is 0.800. The zero-order valence-corrected chi connectivity index (χ0v) is 10.3. The van der Waals surface area contributed by atoms with E-state index in [1.54, 1.807) is 0 Å². The van der Waals surface area contributed by atoms with Crippen molar-refractivity contribution in [3.05, 3.63) is 0 Å². The highest BCUT2D eigenvalue weighted by Crippen LogP contribution is 2.07. The zero-order valence-electron chi connectivity index (χ0n) is 10.3. The van der Waals surface area contributed by atoms with Gasteiger partial charge in [-0.1, -0.05) is 19.3 Å². The molecule has 0 aromatic carbocycles. The molecule has 0 bridgehead atoms. The Kier molecular flexibility index (Phi) is 8.85.